The molecule has 0 aliphatic carbocycles. The van der Waals surface area contributed by atoms with E-state index in [1.54, 1.807) is 0 Å². The predicted molar refractivity (Wildman–Crippen MR) is 70.2 cm³/mol. The van der Waals surface area contributed by atoms with Crippen molar-refractivity contribution in [3.63, 3.8) is 0 Å². The van der Waals surface area contributed by atoms with Gasteiger partial charge in [-0.25, -0.2) is 8.42 Å². The molecule has 2 aliphatic rings. The van der Waals surface area contributed by atoms with E-state index in [0.29, 0.717) is 30.9 Å². The molecular formula is C12H20N2O4S. The molecule has 0 radical (unpaired) electrons. The minimum absolute atomic E-state index is 0.0729. The van der Waals surface area contributed by atoms with Crippen molar-refractivity contribution >= 4 is 21.7 Å². The monoisotopic (exact) mass is 288 g/mol. The van der Waals surface area contributed by atoms with Gasteiger partial charge in [0.1, 0.15) is 6.04 Å². The highest BCUT2D eigenvalue weighted by atomic mass is 32.2. The quantitative estimate of drug-likeness (QED) is 0.673. The smallest absolute Gasteiger partial charge is 0.242 e. The van der Waals surface area contributed by atoms with E-state index in [-0.39, 0.29) is 23.8 Å². The van der Waals surface area contributed by atoms with Gasteiger partial charge in [0.2, 0.25) is 11.8 Å². The molecule has 0 spiro atoms. The van der Waals surface area contributed by atoms with Crippen molar-refractivity contribution in [2.75, 3.05) is 18.1 Å². The van der Waals surface area contributed by atoms with E-state index in [1.165, 1.54) is 0 Å². The maximum absolute atomic E-state index is 11.7. The van der Waals surface area contributed by atoms with E-state index in [1.807, 2.05) is 0 Å². The molecule has 19 heavy (non-hydrogen) atoms. The second kappa shape index (κ2) is 5.90. The Bertz CT molecular complexity index is 460. The highest BCUT2D eigenvalue weighted by Gasteiger charge is 2.28. The fourth-order valence-corrected chi connectivity index (χ4v) is 4.55. The number of amides is 2. The first-order valence-electron chi connectivity index (χ1n) is 6.74. The normalized spacial score (nSPS) is 29.2. The van der Waals surface area contributed by atoms with Gasteiger partial charge in [0, 0.05) is 13.0 Å². The third-order valence-electron chi connectivity index (χ3n) is 3.73. The lowest BCUT2D eigenvalue weighted by Gasteiger charge is -2.12. The Balaban J connectivity index is 1.59. The Kier molecular flexibility index (Phi) is 4.44. The van der Waals surface area contributed by atoms with Gasteiger partial charge in [-0.1, -0.05) is 0 Å². The van der Waals surface area contributed by atoms with Gasteiger partial charge in [-0.15, -0.1) is 0 Å². The molecule has 0 aromatic carbocycles. The first-order valence-corrected chi connectivity index (χ1v) is 8.56. The largest absolute Gasteiger partial charge is 0.354 e. The molecule has 2 unspecified atom stereocenters. The number of carbonyl (C=O) groups is 2. The zero-order chi connectivity index (χ0) is 13.9. The first-order chi connectivity index (χ1) is 8.96. The summed E-state index contributed by atoms with van der Waals surface area (Å²) in [6, 6.07) is -0.389. The van der Waals surface area contributed by atoms with E-state index in [9.17, 15) is 18.0 Å². The van der Waals surface area contributed by atoms with Gasteiger partial charge in [-0.2, -0.15) is 0 Å². The van der Waals surface area contributed by atoms with Gasteiger partial charge >= 0.3 is 0 Å². The molecule has 2 atom stereocenters. The van der Waals surface area contributed by atoms with Crippen molar-refractivity contribution in [2.45, 2.75) is 38.1 Å². The van der Waals surface area contributed by atoms with Crippen LogP contribution in [-0.4, -0.2) is 44.3 Å². The molecule has 0 aromatic heterocycles. The topological polar surface area (TPSA) is 92.3 Å². The second-order valence-electron chi connectivity index (χ2n) is 5.36. The third kappa shape index (κ3) is 4.19. The Hall–Kier alpha value is -1.11. The van der Waals surface area contributed by atoms with Crippen LogP contribution in [0.3, 0.4) is 0 Å². The second-order valence-corrected chi connectivity index (χ2v) is 7.59. The SMILES string of the molecule is O=C1CCC(C(=O)NCCCC2CCS(=O)(=O)C2)N1. The molecule has 2 fully saturated rings. The summed E-state index contributed by atoms with van der Waals surface area (Å²) in [6.45, 7) is 0.543. The van der Waals surface area contributed by atoms with Crippen LogP contribution in [0.5, 0.6) is 0 Å². The third-order valence-corrected chi connectivity index (χ3v) is 5.56. The summed E-state index contributed by atoms with van der Waals surface area (Å²) in [6.07, 6.45) is 3.33. The zero-order valence-electron chi connectivity index (χ0n) is 10.9. The molecule has 2 amide bonds. The van der Waals surface area contributed by atoms with Crippen LogP contribution in [0.15, 0.2) is 0 Å². The van der Waals surface area contributed by atoms with Gasteiger partial charge in [-0.05, 0) is 31.6 Å². The Morgan fingerprint density at radius 2 is 2.16 bits per heavy atom. The summed E-state index contributed by atoms with van der Waals surface area (Å²) in [4.78, 5) is 22.6. The summed E-state index contributed by atoms with van der Waals surface area (Å²) in [7, 11) is -2.80. The number of sulfone groups is 1. The van der Waals surface area contributed by atoms with E-state index in [4.69, 9.17) is 0 Å². The van der Waals surface area contributed by atoms with Crippen molar-refractivity contribution < 1.29 is 18.0 Å². The van der Waals surface area contributed by atoms with E-state index in [2.05, 4.69) is 10.6 Å². The maximum atomic E-state index is 11.7. The molecule has 0 saturated carbocycles. The first kappa shape index (κ1) is 14.3. The van der Waals surface area contributed by atoms with Crippen molar-refractivity contribution in [1.82, 2.24) is 10.6 Å². The Labute approximate surface area is 113 Å². The average molecular weight is 288 g/mol. The highest BCUT2D eigenvalue weighted by Crippen LogP contribution is 2.22. The molecule has 6 nitrogen and oxygen atoms in total. The van der Waals surface area contributed by atoms with Gasteiger partial charge < -0.3 is 10.6 Å². The molecule has 7 heteroatoms. The summed E-state index contributed by atoms with van der Waals surface area (Å²) in [5, 5.41) is 5.40. The van der Waals surface area contributed by atoms with Crippen molar-refractivity contribution in [1.29, 1.82) is 0 Å². The minimum atomic E-state index is -2.80. The fourth-order valence-electron chi connectivity index (χ4n) is 2.64. The van der Waals surface area contributed by atoms with Crippen molar-refractivity contribution in [2.24, 2.45) is 5.92 Å². The maximum Gasteiger partial charge on any atom is 0.242 e. The summed E-state index contributed by atoms with van der Waals surface area (Å²) < 4.78 is 22.6. The fraction of sp³-hybridized carbons (Fsp3) is 0.833. The molecule has 2 N–H and O–H groups in total. The van der Waals surface area contributed by atoms with E-state index in [0.717, 1.165) is 19.3 Å². The molecule has 0 aromatic rings. The van der Waals surface area contributed by atoms with Gasteiger partial charge in [0.05, 0.1) is 11.5 Å². The summed E-state index contributed by atoms with van der Waals surface area (Å²) in [5.74, 6) is 0.631. The van der Waals surface area contributed by atoms with Gasteiger partial charge in [-0.3, -0.25) is 9.59 Å². The number of nitrogens with one attached hydrogen (secondary N) is 2. The molecule has 2 rings (SSSR count). The average Bonchev–Trinajstić information content (AvgIpc) is 2.91. The van der Waals surface area contributed by atoms with Crippen LogP contribution in [-0.2, 0) is 19.4 Å². The molecule has 108 valence electrons. The zero-order valence-corrected chi connectivity index (χ0v) is 11.7. The number of rotatable bonds is 5. The Morgan fingerprint density at radius 3 is 2.74 bits per heavy atom. The lowest BCUT2D eigenvalue weighted by Crippen LogP contribution is -2.41. The lowest BCUT2D eigenvalue weighted by atomic mass is 10.0. The Morgan fingerprint density at radius 1 is 1.37 bits per heavy atom. The van der Waals surface area contributed by atoms with Crippen LogP contribution in [0.1, 0.15) is 32.1 Å². The molecule has 2 aliphatic heterocycles. The van der Waals surface area contributed by atoms with Crippen LogP contribution in [0.2, 0.25) is 0 Å². The standard InChI is InChI=1S/C12H20N2O4S/c15-11-4-3-10(14-11)12(16)13-6-1-2-9-5-7-19(17,18)8-9/h9-10H,1-8H2,(H,13,16)(H,14,15). The van der Waals surface area contributed by atoms with E-state index < -0.39 is 9.84 Å². The number of hydrogen-bond donors (Lipinski definition) is 2. The number of hydrogen-bond acceptors (Lipinski definition) is 4. The summed E-state index contributed by atoms with van der Waals surface area (Å²) in [5.41, 5.74) is 0. The predicted octanol–water partition coefficient (Wildman–Crippen LogP) is -0.404. The van der Waals surface area contributed by atoms with Crippen LogP contribution in [0.25, 0.3) is 0 Å². The van der Waals surface area contributed by atoms with Crippen LogP contribution < -0.4 is 10.6 Å². The van der Waals surface area contributed by atoms with Gasteiger partial charge in [0.15, 0.2) is 9.84 Å². The van der Waals surface area contributed by atoms with E-state index >= 15 is 0 Å². The number of carbonyl (C=O) groups excluding carboxylic acids is 2. The van der Waals surface area contributed by atoms with Crippen LogP contribution >= 0.6 is 0 Å². The highest BCUT2D eigenvalue weighted by molar-refractivity contribution is 7.91. The van der Waals surface area contributed by atoms with Crippen molar-refractivity contribution in [3.8, 4) is 0 Å². The molecule has 2 saturated heterocycles. The van der Waals surface area contributed by atoms with Crippen LogP contribution in [0, 0.1) is 5.92 Å². The summed E-state index contributed by atoms with van der Waals surface area (Å²) >= 11 is 0. The molecule has 2 heterocycles. The minimum Gasteiger partial charge on any atom is -0.354 e. The lowest BCUT2D eigenvalue weighted by molar-refractivity contribution is -0.125. The van der Waals surface area contributed by atoms with Crippen molar-refractivity contribution in [3.05, 3.63) is 0 Å². The van der Waals surface area contributed by atoms with Crippen LogP contribution in [0.4, 0.5) is 0 Å². The van der Waals surface area contributed by atoms with Gasteiger partial charge in [0.25, 0.3) is 0 Å². The molecular weight excluding hydrogens is 268 g/mol. The molecule has 0 bridgehead atoms.